The van der Waals surface area contributed by atoms with Crippen molar-refractivity contribution in [1.82, 2.24) is 4.90 Å². The molecule has 1 aromatic rings. The molecule has 0 radical (unpaired) electrons. The molecule has 3 rings (SSSR count). The van der Waals surface area contributed by atoms with Crippen molar-refractivity contribution in [2.45, 2.75) is 26.7 Å². The van der Waals surface area contributed by atoms with Gasteiger partial charge in [-0.15, -0.1) is 11.3 Å². The Bertz CT molecular complexity index is 561. The SMILES string of the molecule is Cc1cc(C)c(C(=O)N2C[C@@H](C(=O)O)[C@H](C3CC3)C2)s1. The highest BCUT2D eigenvalue weighted by Crippen LogP contribution is 2.44. The Labute approximate surface area is 122 Å². The van der Waals surface area contributed by atoms with Crippen LogP contribution in [0.15, 0.2) is 6.07 Å². The van der Waals surface area contributed by atoms with Gasteiger partial charge in [0, 0.05) is 18.0 Å². The molecule has 0 bridgehead atoms. The Kier molecular flexibility index (Phi) is 3.32. The van der Waals surface area contributed by atoms with E-state index in [4.69, 9.17) is 0 Å². The summed E-state index contributed by atoms with van der Waals surface area (Å²) in [7, 11) is 0. The maximum absolute atomic E-state index is 12.6. The van der Waals surface area contributed by atoms with Gasteiger partial charge in [0.15, 0.2) is 0 Å². The van der Waals surface area contributed by atoms with Crippen LogP contribution in [0.5, 0.6) is 0 Å². The molecule has 5 heteroatoms. The summed E-state index contributed by atoms with van der Waals surface area (Å²) in [5.41, 5.74) is 0.999. The third-order valence-electron chi connectivity index (χ3n) is 4.43. The number of amides is 1. The number of hydrogen-bond donors (Lipinski definition) is 1. The summed E-state index contributed by atoms with van der Waals surface area (Å²) in [6, 6.07) is 2.01. The average molecular weight is 293 g/mol. The predicted octanol–water partition coefficient (Wildman–Crippen LogP) is 2.55. The van der Waals surface area contributed by atoms with Gasteiger partial charge in [-0.1, -0.05) is 0 Å². The number of carbonyl (C=O) groups excluding carboxylic acids is 1. The maximum Gasteiger partial charge on any atom is 0.308 e. The number of hydrogen-bond acceptors (Lipinski definition) is 3. The maximum atomic E-state index is 12.6. The van der Waals surface area contributed by atoms with Crippen LogP contribution in [0, 0.1) is 31.6 Å². The van der Waals surface area contributed by atoms with Crippen LogP contribution in [0.3, 0.4) is 0 Å². The Morgan fingerprint density at radius 1 is 1.30 bits per heavy atom. The fraction of sp³-hybridized carbons (Fsp3) is 0.600. The lowest BCUT2D eigenvalue weighted by Crippen LogP contribution is -2.29. The molecule has 20 heavy (non-hydrogen) atoms. The molecule has 2 fully saturated rings. The fourth-order valence-electron chi connectivity index (χ4n) is 3.26. The van der Waals surface area contributed by atoms with Crippen molar-refractivity contribution < 1.29 is 14.7 Å². The van der Waals surface area contributed by atoms with Crippen LogP contribution in [0.4, 0.5) is 0 Å². The van der Waals surface area contributed by atoms with Crippen LogP contribution >= 0.6 is 11.3 Å². The fourth-order valence-corrected chi connectivity index (χ4v) is 4.25. The lowest BCUT2D eigenvalue weighted by molar-refractivity contribution is -0.142. The van der Waals surface area contributed by atoms with Gasteiger partial charge in [0.1, 0.15) is 0 Å². The summed E-state index contributed by atoms with van der Waals surface area (Å²) < 4.78 is 0. The highest BCUT2D eigenvalue weighted by molar-refractivity contribution is 7.14. The average Bonchev–Trinajstić information content (AvgIpc) is 3.03. The van der Waals surface area contributed by atoms with Crippen LogP contribution in [-0.2, 0) is 4.79 Å². The molecule has 1 N–H and O–H groups in total. The van der Waals surface area contributed by atoms with E-state index in [1.165, 1.54) is 11.3 Å². The van der Waals surface area contributed by atoms with Gasteiger partial charge in [-0.25, -0.2) is 0 Å². The number of carbonyl (C=O) groups is 2. The van der Waals surface area contributed by atoms with Gasteiger partial charge in [-0.2, -0.15) is 0 Å². The monoisotopic (exact) mass is 293 g/mol. The zero-order valence-electron chi connectivity index (χ0n) is 11.8. The number of carboxylic acid groups (broad SMARTS) is 1. The van der Waals surface area contributed by atoms with E-state index in [1.54, 1.807) is 4.90 Å². The summed E-state index contributed by atoms with van der Waals surface area (Å²) in [4.78, 5) is 27.6. The quantitative estimate of drug-likeness (QED) is 0.931. The number of likely N-dealkylation sites (tertiary alicyclic amines) is 1. The number of rotatable bonds is 3. The minimum atomic E-state index is -0.753. The molecule has 1 aliphatic heterocycles. The molecule has 0 spiro atoms. The second-order valence-corrected chi connectivity index (χ2v) is 7.28. The molecule has 0 aromatic carbocycles. The van der Waals surface area contributed by atoms with Crippen molar-refractivity contribution in [2.75, 3.05) is 13.1 Å². The number of thiophene rings is 1. The van der Waals surface area contributed by atoms with Gasteiger partial charge < -0.3 is 10.0 Å². The van der Waals surface area contributed by atoms with Gasteiger partial charge in [0.05, 0.1) is 10.8 Å². The Morgan fingerprint density at radius 3 is 2.50 bits per heavy atom. The van der Waals surface area contributed by atoms with E-state index in [0.29, 0.717) is 19.0 Å². The summed E-state index contributed by atoms with van der Waals surface area (Å²) in [5, 5.41) is 9.35. The second-order valence-electron chi connectivity index (χ2n) is 6.03. The van der Waals surface area contributed by atoms with Gasteiger partial charge in [0.2, 0.25) is 0 Å². The Morgan fingerprint density at radius 2 is 2.00 bits per heavy atom. The van der Waals surface area contributed by atoms with Crippen molar-refractivity contribution in [3.05, 3.63) is 21.4 Å². The summed E-state index contributed by atoms with van der Waals surface area (Å²) in [5.74, 6) is -0.461. The zero-order valence-corrected chi connectivity index (χ0v) is 12.6. The van der Waals surface area contributed by atoms with Crippen LogP contribution in [0.1, 0.15) is 33.0 Å². The molecular formula is C15H19NO3S. The van der Waals surface area contributed by atoms with Crippen molar-refractivity contribution in [3.63, 3.8) is 0 Å². The van der Waals surface area contributed by atoms with Crippen molar-refractivity contribution >= 4 is 23.2 Å². The Hall–Kier alpha value is -1.36. The van der Waals surface area contributed by atoms with E-state index >= 15 is 0 Å². The number of aliphatic carboxylic acids is 1. The third kappa shape index (κ3) is 2.35. The molecule has 2 aliphatic rings. The highest BCUT2D eigenvalue weighted by Gasteiger charge is 2.47. The summed E-state index contributed by atoms with van der Waals surface area (Å²) in [6.45, 7) is 4.91. The first-order valence-electron chi connectivity index (χ1n) is 7.06. The number of aryl methyl sites for hydroxylation is 2. The first-order chi connectivity index (χ1) is 9.47. The van der Waals surface area contributed by atoms with E-state index < -0.39 is 5.97 Å². The molecule has 1 aromatic heterocycles. The summed E-state index contributed by atoms with van der Waals surface area (Å²) in [6.07, 6.45) is 2.24. The molecule has 0 unspecified atom stereocenters. The smallest absolute Gasteiger partial charge is 0.308 e. The molecular weight excluding hydrogens is 274 g/mol. The molecule has 1 saturated carbocycles. The minimum absolute atomic E-state index is 0.00926. The van der Waals surface area contributed by atoms with Crippen LogP contribution in [0.25, 0.3) is 0 Å². The van der Waals surface area contributed by atoms with Crippen molar-refractivity contribution in [3.8, 4) is 0 Å². The lowest BCUT2D eigenvalue weighted by atomic mass is 9.92. The van der Waals surface area contributed by atoms with Gasteiger partial charge in [0.25, 0.3) is 5.91 Å². The van der Waals surface area contributed by atoms with E-state index in [9.17, 15) is 14.7 Å². The lowest BCUT2D eigenvalue weighted by Gasteiger charge is -2.15. The topological polar surface area (TPSA) is 57.6 Å². The molecule has 1 aliphatic carbocycles. The minimum Gasteiger partial charge on any atom is -0.481 e. The van der Waals surface area contributed by atoms with Gasteiger partial charge in [-0.05, 0) is 50.2 Å². The van der Waals surface area contributed by atoms with Crippen molar-refractivity contribution in [2.24, 2.45) is 17.8 Å². The number of carboxylic acids is 1. The van der Waals surface area contributed by atoms with Crippen LogP contribution < -0.4 is 0 Å². The van der Waals surface area contributed by atoms with E-state index in [0.717, 1.165) is 28.2 Å². The summed E-state index contributed by atoms with van der Waals surface area (Å²) >= 11 is 1.51. The standard InChI is InChI=1S/C15H19NO3S/c1-8-5-9(2)20-13(8)14(17)16-6-11(10-3-4-10)12(7-16)15(18)19/h5,10-12H,3-4,6-7H2,1-2H3,(H,18,19)/t11-,12+/m0/s1. The second kappa shape index (κ2) is 4.88. The Balaban J connectivity index is 1.79. The normalized spacial score (nSPS) is 26.0. The highest BCUT2D eigenvalue weighted by atomic mass is 32.1. The van der Waals surface area contributed by atoms with Crippen LogP contribution in [0.2, 0.25) is 0 Å². The third-order valence-corrected chi connectivity index (χ3v) is 5.57. The van der Waals surface area contributed by atoms with E-state index in [2.05, 4.69) is 0 Å². The number of nitrogens with zero attached hydrogens (tertiary/aromatic N) is 1. The predicted molar refractivity (Wildman–Crippen MR) is 77.0 cm³/mol. The first kappa shape index (κ1) is 13.6. The van der Waals surface area contributed by atoms with E-state index in [-0.39, 0.29) is 17.7 Å². The molecule has 1 amide bonds. The largest absolute Gasteiger partial charge is 0.481 e. The van der Waals surface area contributed by atoms with Gasteiger partial charge in [-0.3, -0.25) is 9.59 Å². The molecule has 4 nitrogen and oxygen atoms in total. The zero-order chi connectivity index (χ0) is 14.4. The molecule has 2 atom stereocenters. The molecule has 1 saturated heterocycles. The first-order valence-corrected chi connectivity index (χ1v) is 7.88. The van der Waals surface area contributed by atoms with Crippen molar-refractivity contribution in [1.29, 1.82) is 0 Å². The van der Waals surface area contributed by atoms with E-state index in [1.807, 2.05) is 19.9 Å². The molecule has 108 valence electrons. The molecule has 2 heterocycles. The van der Waals surface area contributed by atoms with Crippen LogP contribution in [-0.4, -0.2) is 35.0 Å². The van der Waals surface area contributed by atoms with Gasteiger partial charge >= 0.3 is 5.97 Å².